The summed E-state index contributed by atoms with van der Waals surface area (Å²) < 4.78 is 0. The summed E-state index contributed by atoms with van der Waals surface area (Å²) in [6.07, 6.45) is 0. The van der Waals surface area contributed by atoms with E-state index in [-0.39, 0.29) is 18.9 Å². The first-order chi connectivity index (χ1) is 6.79. The number of phenols is 2. The second kappa shape index (κ2) is 7.99. The summed E-state index contributed by atoms with van der Waals surface area (Å²) in [6, 6.07) is 17.4. The third-order valence-corrected chi connectivity index (χ3v) is 1.51. The second-order valence-corrected chi connectivity index (χ2v) is 2.67. The minimum absolute atomic E-state index is 0. The van der Waals surface area contributed by atoms with Crippen molar-refractivity contribution < 1.29 is 10.2 Å². The Hall–Kier alpha value is -1.36. The van der Waals surface area contributed by atoms with Crippen LogP contribution < -0.4 is 0 Å². The molecule has 2 nitrogen and oxygen atoms in total. The molecule has 0 amide bonds. The van der Waals surface area contributed by atoms with Crippen molar-refractivity contribution in [3.63, 3.8) is 0 Å². The summed E-state index contributed by atoms with van der Waals surface area (Å²) in [5.74, 6) is 0.644. The van der Waals surface area contributed by atoms with Gasteiger partial charge in [-0.2, -0.15) is 0 Å². The standard InChI is InChI=1S/2C6H6O.Li/c2*7-6-4-2-1-3-5-6;/h2*1-5,7H;. The van der Waals surface area contributed by atoms with Crippen LogP contribution in [0.2, 0.25) is 0 Å². The molecule has 2 aromatic carbocycles. The monoisotopic (exact) mass is 195 g/mol. The number of para-hydroxylation sites is 2. The zero-order valence-corrected chi connectivity index (χ0v) is 8.67. The Kier molecular flexibility index (Phi) is 7.26. The molecule has 0 saturated carbocycles. The van der Waals surface area contributed by atoms with Crippen molar-refractivity contribution in [2.24, 2.45) is 0 Å². The van der Waals surface area contributed by atoms with Crippen LogP contribution in [0.1, 0.15) is 0 Å². The van der Waals surface area contributed by atoms with E-state index in [4.69, 9.17) is 10.2 Å². The minimum Gasteiger partial charge on any atom is -0.508 e. The Balaban J connectivity index is 0.000000245. The molecule has 0 fully saturated rings. The first-order valence-electron chi connectivity index (χ1n) is 4.27. The fourth-order valence-electron chi connectivity index (χ4n) is 0.856. The third-order valence-electron chi connectivity index (χ3n) is 1.51. The molecule has 0 aliphatic carbocycles. The second-order valence-electron chi connectivity index (χ2n) is 2.67. The van der Waals surface area contributed by atoms with Crippen molar-refractivity contribution in [2.75, 3.05) is 0 Å². The summed E-state index contributed by atoms with van der Waals surface area (Å²) in [5, 5.41) is 17.3. The smallest absolute Gasteiger partial charge is 0.115 e. The summed E-state index contributed by atoms with van der Waals surface area (Å²) in [7, 11) is 0. The number of aromatic hydroxyl groups is 2. The average molecular weight is 195 g/mol. The molecule has 1 radical (unpaired) electrons. The molecule has 3 heteroatoms. The Morgan fingerprint density at radius 3 is 0.933 bits per heavy atom. The van der Waals surface area contributed by atoms with E-state index in [9.17, 15) is 0 Å². The van der Waals surface area contributed by atoms with Crippen LogP contribution in [0.4, 0.5) is 0 Å². The van der Waals surface area contributed by atoms with Gasteiger partial charge < -0.3 is 10.2 Å². The SMILES string of the molecule is Oc1ccccc1.Oc1ccccc1.[Li]. The molecule has 15 heavy (non-hydrogen) atoms. The van der Waals surface area contributed by atoms with Gasteiger partial charge in [0.15, 0.2) is 0 Å². The average Bonchev–Trinajstić information content (AvgIpc) is 2.21. The molecule has 0 aromatic heterocycles. The van der Waals surface area contributed by atoms with Gasteiger partial charge in [0.05, 0.1) is 0 Å². The van der Waals surface area contributed by atoms with Gasteiger partial charge in [0, 0.05) is 18.9 Å². The molecule has 2 rings (SSSR count). The molecule has 0 heterocycles. The van der Waals surface area contributed by atoms with Gasteiger partial charge in [0.1, 0.15) is 11.5 Å². The number of hydrogen-bond donors (Lipinski definition) is 2. The predicted octanol–water partition coefficient (Wildman–Crippen LogP) is 2.40. The molecule has 0 saturated heterocycles. The van der Waals surface area contributed by atoms with E-state index in [0.29, 0.717) is 11.5 Å². The van der Waals surface area contributed by atoms with Gasteiger partial charge in [0.2, 0.25) is 0 Å². The first-order valence-corrected chi connectivity index (χ1v) is 4.27. The van der Waals surface area contributed by atoms with Crippen LogP contribution >= 0.6 is 0 Å². The molecular weight excluding hydrogens is 183 g/mol. The minimum atomic E-state index is 0. The van der Waals surface area contributed by atoms with Crippen LogP contribution in [0.3, 0.4) is 0 Å². The van der Waals surface area contributed by atoms with Crippen molar-refractivity contribution in [1.82, 2.24) is 0 Å². The van der Waals surface area contributed by atoms with Crippen LogP contribution in [0.5, 0.6) is 11.5 Å². The number of phenolic OH excluding ortho intramolecular Hbond substituents is 2. The zero-order chi connectivity index (χ0) is 10.2. The van der Waals surface area contributed by atoms with Crippen molar-refractivity contribution in [2.45, 2.75) is 0 Å². The molecule has 0 atom stereocenters. The van der Waals surface area contributed by atoms with E-state index in [1.54, 1.807) is 48.5 Å². The van der Waals surface area contributed by atoms with Gasteiger partial charge >= 0.3 is 0 Å². The molecule has 0 aliphatic rings. The normalized spacial score (nSPS) is 8.00. The molecule has 0 bridgehead atoms. The van der Waals surface area contributed by atoms with Crippen molar-refractivity contribution >= 4 is 18.9 Å². The summed E-state index contributed by atoms with van der Waals surface area (Å²) >= 11 is 0. The Morgan fingerprint density at radius 2 is 0.800 bits per heavy atom. The van der Waals surface area contributed by atoms with Crippen LogP contribution in [0.25, 0.3) is 0 Å². The maximum atomic E-state index is 8.63. The Bertz CT molecular complexity index is 311. The zero-order valence-electron chi connectivity index (χ0n) is 8.67. The van der Waals surface area contributed by atoms with Gasteiger partial charge in [-0.1, -0.05) is 36.4 Å². The van der Waals surface area contributed by atoms with Crippen molar-refractivity contribution in [1.29, 1.82) is 0 Å². The quantitative estimate of drug-likeness (QED) is 0.633. The van der Waals surface area contributed by atoms with E-state index < -0.39 is 0 Å². The fraction of sp³-hybridized carbons (Fsp3) is 0. The summed E-state index contributed by atoms with van der Waals surface area (Å²) in [6.45, 7) is 0. The van der Waals surface area contributed by atoms with E-state index in [1.807, 2.05) is 12.1 Å². The van der Waals surface area contributed by atoms with Crippen molar-refractivity contribution in [3.8, 4) is 11.5 Å². The van der Waals surface area contributed by atoms with Gasteiger partial charge in [-0.05, 0) is 24.3 Å². The van der Waals surface area contributed by atoms with Crippen molar-refractivity contribution in [3.05, 3.63) is 60.7 Å². The molecule has 0 aliphatic heterocycles. The number of rotatable bonds is 0. The van der Waals surface area contributed by atoms with Gasteiger partial charge in [-0.15, -0.1) is 0 Å². The Labute approximate surface area is 101 Å². The number of hydrogen-bond acceptors (Lipinski definition) is 2. The maximum absolute atomic E-state index is 8.63. The van der Waals surface area contributed by atoms with E-state index in [1.165, 1.54) is 0 Å². The summed E-state index contributed by atoms with van der Waals surface area (Å²) in [5.41, 5.74) is 0. The predicted molar refractivity (Wildman–Crippen MR) is 62.0 cm³/mol. The maximum Gasteiger partial charge on any atom is 0.115 e. The van der Waals surface area contributed by atoms with Crippen LogP contribution in [-0.4, -0.2) is 29.1 Å². The van der Waals surface area contributed by atoms with Gasteiger partial charge in [-0.3, -0.25) is 0 Å². The van der Waals surface area contributed by atoms with Gasteiger partial charge in [0.25, 0.3) is 0 Å². The topological polar surface area (TPSA) is 40.5 Å². The van der Waals surface area contributed by atoms with Crippen LogP contribution in [0, 0.1) is 0 Å². The largest absolute Gasteiger partial charge is 0.508 e. The Morgan fingerprint density at radius 1 is 0.533 bits per heavy atom. The molecule has 73 valence electrons. The van der Waals surface area contributed by atoms with Gasteiger partial charge in [-0.25, -0.2) is 0 Å². The molecule has 2 aromatic rings. The van der Waals surface area contributed by atoms with E-state index in [2.05, 4.69) is 0 Å². The molecule has 0 unspecified atom stereocenters. The molecular formula is C12H12LiO2. The first kappa shape index (κ1) is 13.6. The molecule has 2 N–H and O–H groups in total. The van der Waals surface area contributed by atoms with E-state index >= 15 is 0 Å². The number of benzene rings is 2. The third kappa shape index (κ3) is 6.67. The van der Waals surface area contributed by atoms with Crippen LogP contribution in [0.15, 0.2) is 60.7 Å². The summed E-state index contributed by atoms with van der Waals surface area (Å²) in [4.78, 5) is 0. The molecule has 0 spiro atoms. The van der Waals surface area contributed by atoms with E-state index in [0.717, 1.165) is 0 Å². The fourth-order valence-corrected chi connectivity index (χ4v) is 0.856. The van der Waals surface area contributed by atoms with Crippen LogP contribution in [-0.2, 0) is 0 Å².